The topological polar surface area (TPSA) is 57.9 Å². The van der Waals surface area contributed by atoms with Crippen LogP contribution in [0, 0.1) is 18.3 Å². The molecule has 4 nitrogen and oxygen atoms in total. The van der Waals surface area contributed by atoms with Crippen LogP contribution >= 0.6 is 11.6 Å². The van der Waals surface area contributed by atoms with E-state index in [1.54, 1.807) is 6.20 Å². The minimum Gasteiger partial charge on any atom is -0.479 e. The van der Waals surface area contributed by atoms with E-state index < -0.39 is 0 Å². The van der Waals surface area contributed by atoms with Crippen LogP contribution in [0.3, 0.4) is 0 Å². The summed E-state index contributed by atoms with van der Waals surface area (Å²) in [5.74, 6) is 0.686. The highest BCUT2D eigenvalue weighted by Gasteiger charge is 2.04. The van der Waals surface area contributed by atoms with Crippen LogP contribution in [0.25, 0.3) is 0 Å². The number of benzene rings is 1. The first-order chi connectivity index (χ1) is 9.70. The molecule has 0 bridgehead atoms. The van der Waals surface area contributed by atoms with E-state index in [1.165, 1.54) is 0 Å². The lowest BCUT2D eigenvalue weighted by molar-refractivity contribution is 0.368. The third-order valence-electron chi connectivity index (χ3n) is 2.81. The molecular weight excluding hydrogens is 274 g/mol. The molecule has 102 valence electrons. The number of rotatable bonds is 5. The van der Waals surface area contributed by atoms with Gasteiger partial charge in [0.2, 0.25) is 0 Å². The fourth-order valence-corrected chi connectivity index (χ4v) is 2.02. The first-order valence-electron chi connectivity index (χ1n) is 6.14. The molecule has 0 atom stereocenters. The van der Waals surface area contributed by atoms with Crippen molar-refractivity contribution in [1.29, 1.82) is 5.26 Å². The Morgan fingerprint density at radius 2 is 2.05 bits per heavy atom. The van der Waals surface area contributed by atoms with Gasteiger partial charge in [-0.05, 0) is 36.2 Å². The zero-order valence-corrected chi connectivity index (χ0v) is 11.8. The van der Waals surface area contributed by atoms with E-state index in [1.807, 2.05) is 43.3 Å². The minimum absolute atomic E-state index is 0.0576. The predicted molar refractivity (Wildman–Crippen MR) is 78.9 cm³/mol. The van der Waals surface area contributed by atoms with E-state index >= 15 is 0 Å². The van der Waals surface area contributed by atoms with Crippen molar-refractivity contribution in [3.63, 3.8) is 0 Å². The van der Waals surface area contributed by atoms with Crippen LogP contribution in [-0.2, 0) is 6.54 Å². The number of hydrogen-bond donors (Lipinski definition) is 1. The Hall–Kier alpha value is -2.25. The molecule has 0 saturated heterocycles. The summed E-state index contributed by atoms with van der Waals surface area (Å²) in [7, 11) is 0. The van der Waals surface area contributed by atoms with E-state index in [0.29, 0.717) is 17.4 Å². The number of anilines is 1. The lowest BCUT2D eigenvalue weighted by Gasteiger charge is -2.11. The largest absolute Gasteiger partial charge is 0.479 e. The van der Waals surface area contributed by atoms with E-state index in [0.717, 1.165) is 16.8 Å². The van der Waals surface area contributed by atoms with Gasteiger partial charge in [0.05, 0.1) is 5.69 Å². The summed E-state index contributed by atoms with van der Waals surface area (Å²) < 4.78 is 5.20. The van der Waals surface area contributed by atoms with Gasteiger partial charge in [0.25, 0.3) is 0 Å². The number of aryl methyl sites for hydroxylation is 1. The molecule has 1 aromatic carbocycles. The second kappa shape index (κ2) is 6.78. The Morgan fingerprint density at radius 3 is 2.70 bits per heavy atom. The highest BCUT2D eigenvalue weighted by molar-refractivity contribution is 6.32. The smallest absolute Gasteiger partial charge is 0.174 e. The second-order valence-corrected chi connectivity index (χ2v) is 4.60. The highest BCUT2D eigenvalue weighted by atomic mass is 35.5. The van der Waals surface area contributed by atoms with Gasteiger partial charge in [-0.1, -0.05) is 23.7 Å². The summed E-state index contributed by atoms with van der Waals surface area (Å²) in [6, 6.07) is 11.4. The molecule has 2 aromatic rings. The number of nitrogens with zero attached hydrogens (tertiary/aromatic N) is 2. The predicted octanol–water partition coefficient (Wildman–Crippen LogP) is 3.56. The molecular formula is C15H14ClN3O. The van der Waals surface area contributed by atoms with Crippen LogP contribution in [0.5, 0.6) is 5.75 Å². The Morgan fingerprint density at radius 1 is 1.30 bits per heavy atom. The maximum Gasteiger partial charge on any atom is 0.174 e. The maximum atomic E-state index is 8.44. The number of ether oxygens (including phenoxy) is 1. The van der Waals surface area contributed by atoms with Crippen molar-refractivity contribution in [2.24, 2.45) is 0 Å². The molecule has 5 heteroatoms. The third-order valence-corrected chi connectivity index (χ3v) is 3.10. The molecule has 0 aliphatic carbocycles. The van der Waals surface area contributed by atoms with Crippen LogP contribution in [-0.4, -0.2) is 11.6 Å². The quantitative estimate of drug-likeness (QED) is 0.854. The van der Waals surface area contributed by atoms with Crippen LogP contribution < -0.4 is 10.1 Å². The minimum atomic E-state index is 0.0576. The van der Waals surface area contributed by atoms with Gasteiger partial charge in [-0.2, -0.15) is 5.26 Å². The van der Waals surface area contributed by atoms with Crippen LogP contribution in [0.15, 0.2) is 36.5 Å². The lowest BCUT2D eigenvalue weighted by atomic mass is 10.2. The van der Waals surface area contributed by atoms with Crippen molar-refractivity contribution in [2.75, 3.05) is 11.9 Å². The molecule has 0 saturated carbocycles. The van der Waals surface area contributed by atoms with Crippen LogP contribution in [0.2, 0.25) is 5.15 Å². The third kappa shape index (κ3) is 3.62. The first-order valence-corrected chi connectivity index (χ1v) is 6.52. The zero-order valence-electron chi connectivity index (χ0n) is 11.1. The van der Waals surface area contributed by atoms with Crippen molar-refractivity contribution < 1.29 is 4.74 Å². The molecule has 0 radical (unpaired) electrons. The van der Waals surface area contributed by atoms with E-state index in [9.17, 15) is 0 Å². The van der Waals surface area contributed by atoms with Crippen LogP contribution in [0.4, 0.5) is 5.69 Å². The standard InChI is InChI=1S/C15H14ClN3O/c1-11-6-8-18-15(16)14(11)19-10-12-2-4-13(5-3-12)20-9-7-17/h2-6,8,19H,9-10H2,1H3. The number of aromatic nitrogens is 1. The van der Waals surface area contributed by atoms with Gasteiger partial charge in [-0.25, -0.2) is 4.98 Å². The van der Waals surface area contributed by atoms with Crippen molar-refractivity contribution >= 4 is 17.3 Å². The molecule has 0 aliphatic rings. The number of nitriles is 1. The second-order valence-electron chi connectivity index (χ2n) is 4.24. The molecule has 0 fully saturated rings. The summed E-state index contributed by atoms with van der Waals surface area (Å²) >= 11 is 6.05. The Balaban J connectivity index is 1.99. The fraction of sp³-hybridized carbons (Fsp3) is 0.200. The van der Waals surface area contributed by atoms with Crippen molar-refractivity contribution in [2.45, 2.75) is 13.5 Å². The summed E-state index contributed by atoms with van der Waals surface area (Å²) in [6.07, 6.45) is 1.68. The SMILES string of the molecule is Cc1ccnc(Cl)c1NCc1ccc(OCC#N)cc1. The normalized spacial score (nSPS) is 9.85. The van der Waals surface area contributed by atoms with Gasteiger partial charge in [0.1, 0.15) is 11.8 Å². The van der Waals surface area contributed by atoms with Crippen molar-refractivity contribution in [3.05, 3.63) is 52.8 Å². The highest BCUT2D eigenvalue weighted by Crippen LogP contribution is 2.23. The number of nitrogens with one attached hydrogen (secondary N) is 1. The molecule has 1 heterocycles. The Bertz CT molecular complexity index is 600. The first kappa shape index (κ1) is 14.2. The van der Waals surface area contributed by atoms with Gasteiger partial charge < -0.3 is 10.1 Å². The maximum absolute atomic E-state index is 8.44. The average molecular weight is 288 g/mol. The molecule has 0 spiro atoms. The van der Waals surface area contributed by atoms with Gasteiger partial charge in [0.15, 0.2) is 11.8 Å². The summed E-state index contributed by atoms with van der Waals surface area (Å²) in [6.45, 7) is 2.68. The fourth-order valence-electron chi connectivity index (χ4n) is 1.75. The van der Waals surface area contributed by atoms with E-state index in [2.05, 4.69) is 10.3 Å². The van der Waals surface area contributed by atoms with Gasteiger partial charge in [0, 0.05) is 12.7 Å². The zero-order chi connectivity index (χ0) is 14.4. The monoisotopic (exact) mass is 287 g/mol. The van der Waals surface area contributed by atoms with E-state index in [-0.39, 0.29) is 6.61 Å². The molecule has 0 aliphatic heterocycles. The molecule has 0 unspecified atom stereocenters. The van der Waals surface area contributed by atoms with Crippen molar-refractivity contribution in [1.82, 2.24) is 4.98 Å². The summed E-state index contributed by atoms with van der Waals surface area (Å²) in [4.78, 5) is 4.05. The average Bonchev–Trinajstić information content (AvgIpc) is 2.46. The van der Waals surface area contributed by atoms with Gasteiger partial charge >= 0.3 is 0 Å². The molecule has 1 N–H and O–H groups in total. The van der Waals surface area contributed by atoms with Crippen LogP contribution in [0.1, 0.15) is 11.1 Å². The Labute approximate surface area is 123 Å². The molecule has 2 rings (SSSR count). The Kier molecular flexibility index (Phi) is 4.80. The molecule has 1 aromatic heterocycles. The van der Waals surface area contributed by atoms with E-state index in [4.69, 9.17) is 21.6 Å². The number of pyridine rings is 1. The number of halogens is 1. The molecule has 20 heavy (non-hydrogen) atoms. The lowest BCUT2D eigenvalue weighted by Crippen LogP contribution is -2.02. The van der Waals surface area contributed by atoms with Gasteiger partial charge in [-0.15, -0.1) is 0 Å². The number of hydrogen-bond acceptors (Lipinski definition) is 4. The van der Waals surface area contributed by atoms with Gasteiger partial charge in [-0.3, -0.25) is 0 Å². The molecule has 0 amide bonds. The van der Waals surface area contributed by atoms with Crippen molar-refractivity contribution in [3.8, 4) is 11.8 Å². The summed E-state index contributed by atoms with van der Waals surface area (Å²) in [5.41, 5.74) is 2.99. The summed E-state index contributed by atoms with van der Waals surface area (Å²) in [5, 5.41) is 12.2.